The minimum absolute atomic E-state index is 0.0177. The van der Waals surface area contributed by atoms with Gasteiger partial charge in [-0.05, 0) is 50.2 Å². The molecule has 25 heavy (non-hydrogen) atoms. The van der Waals surface area contributed by atoms with Crippen LogP contribution in [0.2, 0.25) is 5.15 Å². The van der Waals surface area contributed by atoms with Crippen LogP contribution in [0.5, 0.6) is 5.88 Å². The molecule has 0 fully saturated rings. The molecule has 6 heteroatoms. The molecule has 1 aromatic carbocycles. The van der Waals surface area contributed by atoms with E-state index in [1.165, 1.54) is 0 Å². The molecule has 2 heterocycles. The van der Waals surface area contributed by atoms with Crippen LogP contribution in [-0.4, -0.2) is 22.0 Å². The standard InChI is InChI=1S/C19H18ClN3O2/c1-12(2)25-19-15(4-3-9-21-19)11-22-18(24)14-5-7-16-13(10-14)6-8-17(20)23-16/h3-10,12H,11H2,1-2H3,(H,22,24). The summed E-state index contributed by atoms with van der Waals surface area (Å²) in [6.07, 6.45) is 1.69. The fourth-order valence-electron chi connectivity index (χ4n) is 2.41. The SMILES string of the molecule is CC(C)Oc1ncccc1CNC(=O)c1ccc2nc(Cl)ccc2c1. The number of benzene rings is 1. The molecule has 3 rings (SSSR count). The molecule has 0 saturated carbocycles. The Labute approximate surface area is 151 Å². The van der Waals surface area contributed by atoms with E-state index in [1.54, 1.807) is 30.5 Å². The van der Waals surface area contributed by atoms with E-state index in [1.807, 2.05) is 32.0 Å². The maximum Gasteiger partial charge on any atom is 0.251 e. The molecule has 0 saturated heterocycles. The number of rotatable bonds is 5. The molecule has 0 unspecified atom stereocenters. The van der Waals surface area contributed by atoms with Crippen molar-refractivity contribution in [3.05, 3.63) is 64.9 Å². The first kappa shape index (κ1) is 17.2. The van der Waals surface area contributed by atoms with Gasteiger partial charge in [0.2, 0.25) is 5.88 Å². The number of amides is 1. The number of fused-ring (bicyclic) bond motifs is 1. The van der Waals surface area contributed by atoms with Crippen molar-refractivity contribution in [1.82, 2.24) is 15.3 Å². The van der Waals surface area contributed by atoms with Gasteiger partial charge >= 0.3 is 0 Å². The summed E-state index contributed by atoms with van der Waals surface area (Å²) in [7, 11) is 0. The van der Waals surface area contributed by atoms with Crippen LogP contribution in [0.1, 0.15) is 29.8 Å². The number of nitrogens with zero attached hydrogens (tertiary/aromatic N) is 2. The Morgan fingerprint density at radius 2 is 2.08 bits per heavy atom. The summed E-state index contributed by atoms with van der Waals surface area (Å²) in [6.45, 7) is 4.21. The number of hydrogen-bond donors (Lipinski definition) is 1. The van der Waals surface area contributed by atoms with Gasteiger partial charge in [0, 0.05) is 29.3 Å². The van der Waals surface area contributed by atoms with Crippen molar-refractivity contribution >= 4 is 28.4 Å². The van der Waals surface area contributed by atoms with Crippen molar-refractivity contribution in [3.63, 3.8) is 0 Å². The number of pyridine rings is 2. The molecule has 0 spiro atoms. The molecular formula is C19H18ClN3O2. The van der Waals surface area contributed by atoms with Crippen LogP contribution < -0.4 is 10.1 Å². The van der Waals surface area contributed by atoms with E-state index in [0.29, 0.717) is 23.1 Å². The maximum absolute atomic E-state index is 12.4. The Balaban J connectivity index is 1.74. The van der Waals surface area contributed by atoms with Gasteiger partial charge in [0.05, 0.1) is 11.6 Å². The van der Waals surface area contributed by atoms with E-state index in [0.717, 1.165) is 16.5 Å². The molecule has 0 radical (unpaired) electrons. The van der Waals surface area contributed by atoms with E-state index in [9.17, 15) is 4.79 Å². The lowest BCUT2D eigenvalue weighted by molar-refractivity contribution is 0.0950. The molecule has 2 aromatic heterocycles. The second-order valence-electron chi connectivity index (χ2n) is 5.86. The van der Waals surface area contributed by atoms with Gasteiger partial charge in [0.1, 0.15) is 5.15 Å². The molecule has 0 aliphatic carbocycles. The van der Waals surface area contributed by atoms with Crippen molar-refractivity contribution in [2.45, 2.75) is 26.5 Å². The zero-order chi connectivity index (χ0) is 17.8. The first-order chi connectivity index (χ1) is 12.0. The molecule has 0 aliphatic rings. The van der Waals surface area contributed by atoms with Crippen molar-refractivity contribution < 1.29 is 9.53 Å². The third-order valence-corrected chi connectivity index (χ3v) is 3.76. The predicted octanol–water partition coefficient (Wildman–Crippen LogP) is 4.00. The van der Waals surface area contributed by atoms with Crippen molar-refractivity contribution in [2.24, 2.45) is 0 Å². The van der Waals surface area contributed by atoms with Gasteiger partial charge in [0.25, 0.3) is 5.91 Å². The molecule has 128 valence electrons. The average Bonchev–Trinajstić information content (AvgIpc) is 2.59. The molecule has 1 amide bonds. The molecule has 1 N–H and O–H groups in total. The maximum atomic E-state index is 12.4. The van der Waals surface area contributed by atoms with Gasteiger partial charge in [-0.1, -0.05) is 17.7 Å². The van der Waals surface area contributed by atoms with Crippen LogP contribution in [0, 0.1) is 0 Å². The number of carbonyl (C=O) groups is 1. The summed E-state index contributed by atoms with van der Waals surface area (Å²) in [5.74, 6) is 0.367. The van der Waals surface area contributed by atoms with Gasteiger partial charge in [-0.3, -0.25) is 4.79 Å². The normalized spacial score (nSPS) is 10.9. The lowest BCUT2D eigenvalue weighted by Gasteiger charge is -2.13. The van der Waals surface area contributed by atoms with Crippen LogP contribution in [0.3, 0.4) is 0 Å². The molecule has 0 atom stereocenters. The predicted molar refractivity (Wildman–Crippen MR) is 97.9 cm³/mol. The van der Waals surface area contributed by atoms with Crippen molar-refractivity contribution in [2.75, 3.05) is 0 Å². The number of nitrogens with one attached hydrogen (secondary N) is 1. The molecular weight excluding hydrogens is 338 g/mol. The molecule has 5 nitrogen and oxygen atoms in total. The minimum Gasteiger partial charge on any atom is -0.475 e. The van der Waals surface area contributed by atoms with E-state index in [2.05, 4.69) is 15.3 Å². The van der Waals surface area contributed by atoms with E-state index < -0.39 is 0 Å². The van der Waals surface area contributed by atoms with Crippen molar-refractivity contribution in [1.29, 1.82) is 0 Å². The second kappa shape index (κ2) is 7.49. The first-order valence-corrected chi connectivity index (χ1v) is 8.36. The van der Waals surface area contributed by atoms with E-state index >= 15 is 0 Å². The number of carbonyl (C=O) groups excluding carboxylic acids is 1. The number of ether oxygens (including phenoxy) is 1. The van der Waals surface area contributed by atoms with Gasteiger partial charge < -0.3 is 10.1 Å². The Morgan fingerprint density at radius 3 is 2.88 bits per heavy atom. The quantitative estimate of drug-likeness (QED) is 0.702. The Bertz CT molecular complexity index is 912. The molecule has 3 aromatic rings. The van der Waals surface area contributed by atoms with Crippen LogP contribution in [-0.2, 0) is 6.54 Å². The van der Waals surface area contributed by atoms with E-state index in [4.69, 9.17) is 16.3 Å². The third kappa shape index (κ3) is 4.25. The zero-order valence-corrected chi connectivity index (χ0v) is 14.7. The number of aromatic nitrogens is 2. The minimum atomic E-state index is -0.170. The van der Waals surface area contributed by atoms with Crippen LogP contribution in [0.25, 0.3) is 10.9 Å². The third-order valence-electron chi connectivity index (χ3n) is 3.55. The fraction of sp³-hybridized carbons (Fsp3) is 0.211. The molecule has 0 bridgehead atoms. The molecule has 0 aliphatic heterocycles. The first-order valence-electron chi connectivity index (χ1n) is 7.98. The van der Waals surface area contributed by atoms with Gasteiger partial charge in [-0.25, -0.2) is 9.97 Å². The monoisotopic (exact) mass is 355 g/mol. The van der Waals surface area contributed by atoms with Gasteiger partial charge in [0.15, 0.2) is 0 Å². The summed E-state index contributed by atoms with van der Waals surface area (Å²) in [5, 5.41) is 4.19. The lowest BCUT2D eigenvalue weighted by Crippen LogP contribution is -2.23. The largest absolute Gasteiger partial charge is 0.475 e. The second-order valence-corrected chi connectivity index (χ2v) is 6.25. The van der Waals surface area contributed by atoms with Crippen LogP contribution in [0.4, 0.5) is 0 Å². The summed E-state index contributed by atoms with van der Waals surface area (Å²) in [6, 6.07) is 12.6. The number of halogens is 1. The van der Waals surface area contributed by atoms with Gasteiger partial charge in [-0.2, -0.15) is 0 Å². The summed E-state index contributed by atoms with van der Waals surface area (Å²) in [4.78, 5) is 20.9. The highest BCUT2D eigenvalue weighted by molar-refractivity contribution is 6.29. The highest BCUT2D eigenvalue weighted by Gasteiger charge is 2.10. The smallest absolute Gasteiger partial charge is 0.251 e. The van der Waals surface area contributed by atoms with Crippen LogP contribution in [0.15, 0.2) is 48.7 Å². The Kier molecular flexibility index (Phi) is 5.14. The fourth-order valence-corrected chi connectivity index (χ4v) is 2.56. The van der Waals surface area contributed by atoms with Crippen LogP contribution >= 0.6 is 11.6 Å². The summed E-state index contributed by atoms with van der Waals surface area (Å²) in [5.41, 5.74) is 2.15. The van der Waals surface area contributed by atoms with Gasteiger partial charge in [-0.15, -0.1) is 0 Å². The zero-order valence-electron chi connectivity index (χ0n) is 14.0. The topological polar surface area (TPSA) is 64.1 Å². The van der Waals surface area contributed by atoms with Crippen molar-refractivity contribution in [3.8, 4) is 5.88 Å². The Morgan fingerprint density at radius 1 is 1.24 bits per heavy atom. The lowest BCUT2D eigenvalue weighted by atomic mass is 10.1. The Hall–Kier alpha value is -2.66. The summed E-state index contributed by atoms with van der Waals surface area (Å²) >= 11 is 5.88. The highest BCUT2D eigenvalue weighted by Crippen LogP contribution is 2.18. The highest BCUT2D eigenvalue weighted by atomic mass is 35.5. The number of hydrogen-bond acceptors (Lipinski definition) is 4. The van der Waals surface area contributed by atoms with E-state index in [-0.39, 0.29) is 12.0 Å². The average molecular weight is 356 g/mol. The summed E-state index contributed by atoms with van der Waals surface area (Å²) < 4.78 is 5.67.